The number of fused-ring (bicyclic) bond motifs is 3. The summed E-state index contributed by atoms with van der Waals surface area (Å²) in [6, 6.07) is 29.3. The molecule has 3 heterocycles. The number of aromatic nitrogens is 4. The first-order valence-electron chi connectivity index (χ1n) is 13.0. The Balaban J connectivity index is 1.48. The van der Waals surface area contributed by atoms with Crippen LogP contribution in [0.2, 0.25) is 0 Å². The third-order valence-corrected chi connectivity index (χ3v) is 6.99. The summed E-state index contributed by atoms with van der Waals surface area (Å²) < 4.78 is 10.6. The molecule has 0 aliphatic heterocycles. The second kappa shape index (κ2) is 8.88. The maximum atomic E-state index is 6.41. The van der Waals surface area contributed by atoms with E-state index in [1.54, 1.807) is 0 Å². The van der Waals surface area contributed by atoms with Crippen LogP contribution in [0.3, 0.4) is 0 Å². The Morgan fingerprint density at radius 3 is 2.21 bits per heavy atom. The number of hydrogen-bond acceptors (Lipinski definition) is 3. The van der Waals surface area contributed by atoms with Gasteiger partial charge in [0.15, 0.2) is 0 Å². The average molecular weight is 501 g/mol. The second-order valence-corrected chi connectivity index (χ2v) is 11.1. The Labute approximate surface area is 223 Å². The fraction of sp³-hybridized carbons (Fsp3) is 0.212. The molecule has 3 aromatic carbocycles. The molecule has 6 rings (SSSR count). The third kappa shape index (κ3) is 4.24. The van der Waals surface area contributed by atoms with Crippen molar-refractivity contribution in [2.24, 2.45) is 0 Å². The normalized spacial score (nSPS) is 11.9. The third-order valence-electron chi connectivity index (χ3n) is 6.99. The molecule has 0 fully saturated rings. The summed E-state index contributed by atoms with van der Waals surface area (Å²) >= 11 is 0. The molecule has 0 amide bonds. The van der Waals surface area contributed by atoms with Crippen molar-refractivity contribution in [3.8, 4) is 23.0 Å². The first-order valence-corrected chi connectivity index (χ1v) is 13.0. The van der Waals surface area contributed by atoms with E-state index >= 15 is 0 Å². The summed E-state index contributed by atoms with van der Waals surface area (Å²) in [6.45, 7) is 12.9. The molecule has 6 aromatic rings. The lowest BCUT2D eigenvalue weighted by atomic mass is 9.87. The largest absolute Gasteiger partial charge is 0.457 e. The molecule has 5 nitrogen and oxygen atoms in total. The van der Waals surface area contributed by atoms with Gasteiger partial charge in [-0.1, -0.05) is 45.0 Å². The molecular weight excluding hydrogens is 468 g/mol. The van der Waals surface area contributed by atoms with Crippen molar-refractivity contribution < 1.29 is 4.74 Å². The van der Waals surface area contributed by atoms with Crippen LogP contribution in [0.15, 0.2) is 84.9 Å². The lowest BCUT2D eigenvalue weighted by Crippen LogP contribution is -2.13. The molecular formula is C33H32N4O. The van der Waals surface area contributed by atoms with Gasteiger partial charge >= 0.3 is 0 Å². The molecule has 190 valence electrons. The number of ether oxygens (including phenoxy) is 1. The van der Waals surface area contributed by atoms with E-state index < -0.39 is 0 Å². The number of pyridine rings is 1. The highest BCUT2D eigenvalue weighted by Gasteiger charge is 2.19. The van der Waals surface area contributed by atoms with Crippen LogP contribution in [0.1, 0.15) is 43.4 Å². The SMILES string of the molecule is Cc1cc(C(C)(C)C)cc(-n2c3ccccc3c3ccc(Oc4cccc(-n5nc(C)cc5C)c4)cc32)n1. The Morgan fingerprint density at radius 2 is 1.45 bits per heavy atom. The van der Waals surface area contributed by atoms with Gasteiger partial charge < -0.3 is 4.74 Å². The summed E-state index contributed by atoms with van der Waals surface area (Å²) in [5.74, 6) is 2.46. The van der Waals surface area contributed by atoms with Crippen molar-refractivity contribution in [1.29, 1.82) is 0 Å². The Kier molecular flexibility index (Phi) is 5.60. The fourth-order valence-electron chi connectivity index (χ4n) is 5.16. The summed E-state index contributed by atoms with van der Waals surface area (Å²) in [5.41, 5.74) is 7.54. The monoisotopic (exact) mass is 500 g/mol. The highest BCUT2D eigenvalue weighted by Crippen LogP contribution is 2.36. The predicted octanol–water partition coefficient (Wildman–Crippen LogP) is 8.38. The minimum absolute atomic E-state index is 0.0198. The Morgan fingerprint density at radius 1 is 0.684 bits per heavy atom. The van der Waals surface area contributed by atoms with Crippen LogP contribution < -0.4 is 4.74 Å². The molecule has 0 unspecified atom stereocenters. The number of benzene rings is 3. The zero-order chi connectivity index (χ0) is 26.6. The van der Waals surface area contributed by atoms with E-state index in [0.29, 0.717) is 0 Å². The van der Waals surface area contributed by atoms with Gasteiger partial charge in [-0.25, -0.2) is 9.67 Å². The van der Waals surface area contributed by atoms with E-state index in [4.69, 9.17) is 9.72 Å². The van der Waals surface area contributed by atoms with Gasteiger partial charge in [0.2, 0.25) is 0 Å². The molecule has 0 spiro atoms. The molecule has 5 heteroatoms. The van der Waals surface area contributed by atoms with Crippen LogP contribution in [-0.4, -0.2) is 19.3 Å². The molecule has 38 heavy (non-hydrogen) atoms. The minimum Gasteiger partial charge on any atom is -0.457 e. The van der Waals surface area contributed by atoms with Gasteiger partial charge in [-0.2, -0.15) is 5.10 Å². The summed E-state index contributed by atoms with van der Waals surface area (Å²) in [6.07, 6.45) is 0. The van der Waals surface area contributed by atoms with Crippen LogP contribution in [-0.2, 0) is 5.41 Å². The van der Waals surface area contributed by atoms with E-state index in [9.17, 15) is 0 Å². The zero-order valence-corrected chi connectivity index (χ0v) is 22.8. The van der Waals surface area contributed by atoms with Gasteiger partial charge in [0.25, 0.3) is 0 Å². The molecule has 0 atom stereocenters. The molecule has 0 N–H and O–H groups in total. The molecule has 0 aliphatic rings. The minimum atomic E-state index is 0.0198. The number of aryl methyl sites for hydroxylation is 3. The fourth-order valence-corrected chi connectivity index (χ4v) is 5.16. The first kappa shape index (κ1) is 24.0. The molecule has 0 bridgehead atoms. The second-order valence-electron chi connectivity index (χ2n) is 11.1. The summed E-state index contributed by atoms with van der Waals surface area (Å²) in [5, 5.41) is 6.99. The van der Waals surface area contributed by atoms with E-state index in [2.05, 4.69) is 98.9 Å². The van der Waals surface area contributed by atoms with Gasteiger partial charge in [-0.05, 0) is 80.3 Å². The maximum absolute atomic E-state index is 6.41. The topological polar surface area (TPSA) is 44.9 Å². The van der Waals surface area contributed by atoms with Gasteiger partial charge in [0.05, 0.1) is 22.4 Å². The Hall–Kier alpha value is -4.38. The van der Waals surface area contributed by atoms with Crippen molar-refractivity contribution >= 4 is 21.8 Å². The number of para-hydroxylation sites is 1. The number of rotatable bonds is 4. The van der Waals surface area contributed by atoms with Crippen LogP contribution in [0.4, 0.5) is 0 Å². The molecule has 3 aromatic heterocycles. The summed E-state index contributed by atoms with van der Waals surface area (Å²) in [7, 11) is 0. The highest BCUT2D eigenvalue weighted by atomic mass is 16.5. The van der Waals surface area contributed by atoms with Crippen LogP contribution in [0, 0.1) is 20.8 Å². The van der Waals surface area contributed by atoms with Crippen molar-refractivity contribution in [2.45, 2.75) is 47.0 Å². The predicted molar refractivity (Wildman–Crippen MR) is 155 cm³/mol. The van der Waals surface area contributed by atoms with Crippen LogP contribution >= 0.6 is 0 Å². The van der Waals surface area contributed by atoms with Crippen molar-refractivity contribution in [2.75, 3.05) is 0 Å². The Bertz CT molecular complexity index is 1820. The van der Waals surface area contributed by atoms with Crippen molar-refractivity contribution in [3.05, 3.63) is 108 Å². The van der Waals surface area contributed by atoms with Gasteiger partial charge in [0.1, 0.15) is 17.3 Å². The van der Waals surface area contributed by atoms with Gasteiger partial charge in [-0.15, -0.1) is 0 Å². The standard InChI is InChI=1S/C33H32N4O/c1-21-17-24(33(4,5)6)18-32(34-21)36-30-13-8-7-12-28(30)29-15-14-27(20-31(29)36)38-26-11-9-10-25(19-26)37-23(3)16-22(2)35-37/h7-20H,1-6H3. The van der Waals surface area contributed by atoms with E-state index in [1.165, 1.54) is 16.3 Å². The number of hydrogen-bond donors (Lipinski definition) is 0. The maximum Gasteiger partial charge on any atom is 0.138 e. The van der Waals surface area contributed by atoms with Gasteiger partial charge in [-0.3, -0.25) is 4.57 Å². The van der Waals surface area contributed by atoms with Crippen LogP contribution in [0.5, 0.6) is 11.5 Å². The lowest BCUT2D eigenvalue weighted by Gasteiger charge is -2.21. The first-order chi connectivity index (χ1) is 18.2. The molecule has 0 aliphatic carbocycles. The number of nitrogens with zero attached hydrogens (tertiary/aromatic N) is 4. The smallest absolute Gasteiger partial charge is 0.138 e. The lowest BCUT2D eigenvalue weighted by molar-refractivity contribution is 0.482. The van der Waals surface area contributed by atoms with E-state index in [1.807, 2.05) is 41.9 Å². The zero-order valence-electron chi connectivity index (χ0n) is 22.8. The van der Waals surface area contributed by atoms with Crippen LogP contribution in [0.25, 0.3) is 33.3 Å². The average Bonchev–Trinajstić information content (AvgIpc) is 3.39. The summed E-state index contributed by atoms with van der Waals surface area (Å²) in [4.78, 5) is 4.97. The molecule has 0 saturated heterocycles. The van der Waals surface area contributed by atoms with E-state index in [0.717, 1.165) is 51.1 Å². The van der Waals surface area contributed by atoms with Crippen molar-refractivity contribution in [3.63, 3.8) is 0 Å². The van der Waals surface area contributed by atoms with Crippen molar-refractivity contribution in [1.82, 2.24) is 19.3 Å². The van der Waals surface area contributed by atoms with Gasteiger partial charge in [0, 0.05) is 34.3 Å². The highest BCUT2D eigenvalue weighted by molar-refractivity contribution is 6.09. The van der Waals surface area contributed by atoms with E-state index in [-0.39, 0.29) is 5.41 Å². The quantitative estimate of drug-likeness (QED) is 0.244. The molecule has 0 radical (unpaired) electrons. The molecule has 0 saturated carbocycles.